The molecule has 0 radical (unpaired) electrons. The number of halogens is 2. The molecule has 4 nitrogen and oxygen atoms in total. The molecule has 1 saturated heterocycles. The highest BCUT2D eigenvalue weighted by Gasteiger charge is 2.22. The lowest BCUT2D eigenvalue weighted by molar-refractivity contribution is 0.0652. The number of benzene rings is 1. The molecule has 2 aromatic rings. The van der Waals surface area contributed by atoms with Gasteiger partial charge in [0.15, 0.2) is 5.82 Å². The van der Waals surface area contributed by atoms with Gasteiger partial charge in [0.05, 0.1) is 11.0 Å². The summed E-state index contributed by atoms with van der Waals surface area (Å²) in [7, 11) is 0. The molecule has 0 bridgehead atoms. The summed E-state index contributed by atoms with van der Waals surface area (Å²) in [6.07, 6.45) is -1.61. The molecule has 0 unspecified atom stereocenters. The van der Waals surface area contributed by atoms with Gasteiger partial charge in [0, 0.05) is 18.7 Å². The van der Waals surface area contributed by atoms with E-state index in [4.69, 9.17) is 0 Å². The van der Waals surface area contributed by atoms with Crippen LogP contribution in [0.25, 0.3) is 11.0 Å². The third kappa shape index (κ3) is 1.73. The normalized spacial score (nSPS) is 15.2. The molecule has 0 aliphatic carbocycles. The van der Waals surface area contributed by atoms with E-state index in [-0.39, 0.29) is 11.7 Å². The van der Waals surface area contributed by atoms with Crippen LogP contribution < -0.4 is 0 Å². The van der Waals surface area contributed by atoms with Crippen molar-refractivity contribution < 1.29 is 13.6 Å². The SMILES string of the molecule is O=C(c1ccc2nc(C(F)F)[nH]c2c1)N1CCC1. The Labute approximate surface area is 102 Å². The Kier molecular flexibility index (Phi) is 2.50. The number of rotatable bonds is 2. The number of H-pyrrole nitrogens is 1. The molecule has 0 atom stereocenters. The van der Waals surface area contributed by atoms with Crippen LogP contribution in [0.3, 0.4) is 0 Å². The topological polar surface area (TPSA) is 49.0 Å². The number of carbonyl (C=O) groups excluding carboxylic acids is 1. The predicted octanol–water partition coefficient (Wildman–Crippen LogP) is 2.35. The fourth-order valence-electron chi connectivity index (χ4n) is 1.97. The van der Waals surface area contributed by atoms with E-state index in [2.05, 4.69) is 9.97 Å². The van der Waals surface area contributed by atoms with Crippen LogP contribution in [0.1, 0.15) is 29.0 Å². The van der Waals surface area contributed by atoms with E-state index >= 15 is 0 Å². The monoisotopic (exact) mass is 251 g/mol. The maximum atomic E-state index is 12.5. The summed E-state index contributed by atoms with van der Waals surface area (Å²) in [6, 6.07) is 4.79. The average Bonchev–Trinajstić information content (AvgIpc) is 2.69. The number of fused-ring (bicyclic) bond motifs is 1. The summed E-state index contributed by atoms with van der Waals surface area (Å²) in [5.74, 6) is -0.421. The second-order valence-electron chi connectivity index (χ2n) is 4.30. The van der Waals surface area contributed by atoms with E-state index in [1.807, 2.05) is 0 Å². The van der Waals surface area contributed by atoms with Gasteiger partial charge in [-0.1, -0.05) is 0 Å². The van der Waals surface area contributed by atoms with Gasteiger partial charge in [0.1, 0.15) is 0 Å². The number of nitrogens with one attached hydrogen (secondary N) is 1. The lowest BCUT2D eigenvalue weighted by atomic mass is 10.1. The Morgan fingerprint density at radius 1 is 1.39 bits per heavy atom. The molecule has 3 rings (SSSR count). The molecular weight excluding hydrogens is 240 g/mol. The summed E-state index contributed by atoms with van der Waals surface area (Å²) in [5, 5.41) is 0. The van der Waals surface area contributed by atoms with Crippen molar-refractivity contribution in [3.63, 3.8) is 0 Å². The van der Waals surface area contributed by atoms with Crippen LogP contribution >= 0.6 is 0 Å². The Morgan fingerprint density at radius 2 is 2.17 bits per heavy atom. The number of likely N-dealkylation sites (tertiary alicyclic amines) is 1. The van der Waals surface area contributed by atoms with Crippen molar-refractivity contribution in [3.05, 3.63) is 29.6 Å². The zero-order chi connectivity index (χ0) is 12.7. The minimum Gasteiger partial charge on any atom is -0.339 e. The van der Waals surface area contributed by atoms with E-state index in [0.29, 0.717) is 16.6 Å². The fraction of sp³-hybridized carbons (Fsp3) is 0.333. The second kappa shape index (κ2) is 4.04. The van der Waals surface area contributed by atoms with Gasteiger partial charge < -0.3 is 9.88 Å². The minimum absolute atomic E-state index is 0.0589. The fourth-order valence-corrected chi connectivity index (χ4v) is 1.97. The first kappa shape index (κ1) is 11.1. The summed E-state index contributed by atoms with van der Waals surface area (Å²) >= 11 is 0. The van der Waals surface area contributed by atoms with Crippen LogP contribution in [0, 0.1) is 0 Å². The first-order chi connectivity index (χ1) is 8.65. The number of aromatic amines is 1. The molecule has 1 aliphatic rings. The molecule has 2 heterocycles. The highest BCUT2D eigenvalue weighted by Crippen LogP contribution is 2.21. The lowest BCUT2D eigenvalue weighted by Crippen LogP contribution is -2.41. The standard InChI is InChI=1S/C12H11F2N3O/c13-10(14)11-15-8-3-2-7(6-9(8)16-11)12(18)17-4-1-5-17/h2-3,6,10H,1,4-5H2,(H,15,16). The maximum Gasteiger partial charge on any atom is 0.295 e. The third-order valence-electron chi connectivity index (χ3n) is 3.10. The van der Waals surface area contributed by atoms with Crippen LogP contribution in [-0.2, 0) is 0 Å². The number of nitrogens with zero attached hydrogens (tertiary/aromatic N) is 2. The van der Waals surface area contributed by atoms with Crippen LogP contribution in [0.5, 0.6) is 0 Å². The zero-order valence-corrected chi connectivity index (χ0v) is 9.49. The number of hydrogen-bond acceptors (Lipinski definition) is 2. The molecule has 1 amide bonds. The summed E-state index contributed by atoms with van der Waals surface area (Å²) in [4.78, 5) is 20.0. The van der Waals surface area contributed by atoms with E-state index in [9.17, 15) is 13.6 Å². The number of carbonyl (C=O) groups is 1. The maximum absolute atomic E-state index is 12.5. The van der Waals surface area contributed by atoms with E-state index in [1.165, 1.54) is 0 Å². The smallest absolute Gasteiger partial charge is 0.295 e. The van der Waals surface area contributed by atoms with Crippen molar-refractivity contribution in [2.24, 2.45) is 0 Å². The number of aromatic nitrogens is 2. The lowest BCUT2D eigenvalue weighted by Gasteiger charge is -2.30. The van der Waals surface area contributed by atoms with Crippen molar-refractivity contribution >= 4 is 16.9 Å². The second-order valence-corrected chi connectivity index (χ2v) is 4.30. The van der Waals surface area contributed by atoms with Gasteiger partial charge in [-0.25, -0.2) is 13.8 Å². The first-order valence-electron chi connectivity index (χ1n) is 5.72. The molecule has 1 aromatic heterocycles. The van der Waals surface area contributed by atoms with Gasteiger partial charge in [-0.05, 0) is 24.6 Å². The quantitative estimate of drug-likeness (QED) is 0.890. The molecule has 1 aromatic carbocycles. The minimum atomic E-state index is -2.63. The molecule has 0 spiro atoms. The third-order valence-corrected chi connectivity index (χ3v) is 3.10. The van der Waals surface area contributed by atoms with Crippen LogP contribution in [0.15, 0.2) is 18.2 Å². The van der Waals surface area contributed by atoms with Crippen LogP contribution in [-0.4, -0.2) is 33.9 Å². The molecule has 94 valence electrons. The van der Waals surface area contributed by atoms with Gasteiger partial charge in [0.2, 0.25) is 0 Å². The number of hydrogen-bond donors (Lipinski definition) is 1. The molecule has 1 N–H and O–H groups in total. The molecule has 1 fully saturated rings. The predicted molar refractivity (Wildman–Crippen MR) is 61.6 cm³/mol. The molecule has 1 aliphatic heterocycles. The van der Waals surface area contributed by atoms with Crippen molar-refractivity contribution in [3.8, 4) is 0 Å². The van der Waals surface area contributed by atoms with Crippen molar-refractivity contribution in [1.82, 2.24) is 14.9 Å². The number of amides is 1. The van der Waals surface area contributed by atoms with Crippen LogP contribution in [0.4, 0.5) is 8.78 Å². The van der Waals surface area contributed by atoms with Crippen molar-refractivity contribution in [2.75, 3.05) is 13.1 Å². The summed E-state index contributed by atoms with van der Waals surface area (Å²) in [5.41, 5.74) is 1.42. The average molecular weight is 251 g/mol. The van der Waals surface area contributed by atoms with Gasteiger partial charge in [-0.15, -0.1) is 0 Å². The Balaban J connectivity index is 1.97. The molecule has 6 heteroatoms. The van der Waals surface area contributed by atoms with Crippen molar-refractivity contribution in [2.45, 2.75) is 12.8 Å². The highest BCUT2D eigenvalue weighted by atomic mass is 19.3. The Morgan fingerprint density at radius 3 is 2.78 bits per heavy atom. The van der Waals surface area contributed by atoms with E-state index in [1.54, 1.807) is 23.1 Å². The Bertz CT molecular complexity index is 604. The van der Waals surface area contributed by atoms with Crippen molar-refractivity contribution in [1.29, 1.82) is 0 Å². The number of imidazole rings is 1. The largest absolute Gasteiger partial charge is 0.339 e. The number of alkyl halides is 2. The molecule has 18 heavy (non-hydrogen) atoms. The summed E-state index contributed by atoms with van der Waals surface area (Å²) in [6.45, 7) is 1.53. The first-order valence-corrected chi connectivity index (χ1v) is 5.72. The van der Waals surface area contributed by atoms with Gasteiger partial charge in [0.25, 0.3) is 12.3 Å². The zero-order valence-electron chi connectivity index (χ0n) is 9.49. The van der Waals surface area contributed by atoms with E-state index in [0.717, 1.165) is 19.5 Å². The molecule has 0 saturated carbocycles. The summed E-state index contributed by atoms with van der Waals surface area (Å²) < 4.78 is 25.0. The van der Waals surface area contributed by atoms with Gasteiger partial charge in [-0.3, -0.25) is 4.79 Å². The van der Waals surface area contributed by atoms with Gasteiger partial charge in [-0.2, -0.15) is 0 Å². The Hall–Kier alpha value is -1.98. The van der Waals surface area contributed by atoms with Crippen LogP contribution in [0.2, 0.25) is 0 Å². The molecular formula is C12H11F2N3O. The van der Waals surface area contributed by atoms with Gasteiger partial charge >= 0.3 is 0 Å². The highest BCUT2D eigenvalue weighted by molar-refractivity contribution is 5.97. The van der Waals surface area contributed by atoms with E-state index < -0.39 is 6.43 Å².